The van der Waals surface area contributed by atoms with E-state index < -0.39 is 0 Å². The number of nitrogens with zero attached hydrogens (tertiary/aromatic N) is 4. The summed E-state index contributed by atoms with van der Waals surface area (Å²) in [6.45, 7) is 1.67. The molecule has 1 aliphatic heterocycles. The van der Waals surface area contributed by atoms with E-state index in [2.05, 4.69) is 53.1 Å². The second kappa shape index (κ2) is 6.28. The van der Waals surface area contributed by atoms with E-state index >= 15 is 0 Å². The number of hydrogen-bond acceptors (Lipinski definition) is 4. The third kappa shape index (κ3) is 2.95. The van der Waals surface area contributed by atoms with Gasteiger partial charge in [-0.25, -0.2) is 4.98 Å². The maximum absolute atomic E-state index is 4.69. The van der Waals surface area contributed by atoms with E-state index in [1.165, 1.54) is 19.3 Å². The van der Waals surface area contributed by atoms with Crippen LogP contribution >= 0.6 is 15.9 Å². The summed E-state index contributed by atoms with van der Waals surface area (Å²) in [5.41, 5.74) is 0.970. The highest BCUT2D eigenvalue weighted by Crippen LogP contribution is 2.23. The number of pyridine rings is 1. The SMILES string of the molecule is Brc1cccc2ccc(NCc3nnc4n3CCCCC4)nc12. The Morgan fingerprint density at radius 1 is 1.09 bits per heavy atom. The number of nitrogens with one attached hydrogen (secondary N) is 1. The van der Waals surface area contributed by atoms with E-state index in [-0.39, 0.29) is 0 Å². The molecule has 0 fully saturated rings. The van der Waals surface area contributed by atoms with E-state index in [0.717, 1.165) is 45.8 Å². The Kier molecular flexibility index (Phi) is 3.99. The van der Waals surface area contributed by atoms with Crippen LogP contribution in [-0.4, -0.2) is 19.7 Å². The molecule has 3 heterocycles. The lowest BCUT2D eigenvalue weighted by Crippen LogP contribution is -2.10. The van der Waals surface area contributed by atoms with E-state index in [1.807, 2.05) is 18.2 Å². The zero-order valence-corrected chi connectivity index (χ0v) is 14.4. The van der Waals surface area contributed by atoms with Crippen molar-refractivity contribution in [2.24, 2.45) is 0 Å². The van der Waals surface area contributed by atoms with Crippen LogP contribution in [-0.2, 0) is 19.5 Å². The van der Waals surface area contributed by atoms with Gasteiger partial charge < -0.3 is 9.88 Å². The van der Waals surface area contributed by atoms with Gasteiger partial charge in [0.05, 0.1) is 12.1 Å². The van der Waals surface area contributed by atoms with E-state index in [0.29, 0.717) is 6.54 Å². The first-order valence-electron chi connectivity index (χ1n) is 8.01. The smallest absolute Gasteiger partial charge is 0.152 e. The number of benzene rings is 1. The van der Waals surface area contributed by atoms with Crippen LogP contribution in [0, 0.1) is 0 Å². The first kappa shape index (κ1) is 14.6. The minimum Gasteiger partial charge on any atom is -0.363 e. The minimum absolute atomic E-state index is 0.649. The third-order valence-corrected chi connectivity index (χ3v) is 4.92. The summed E-state index contributed by atoms with van der Waals surface area (Å²) in [7, 11) is 0. The first-order valence-corrected chi connectivity index (χ1v) is 8.81. The van der Waals surface area contributed by atoms with Gasteiger partial charge in [0.1, 0.15) is 11.6 Å². The quantitative estimate of drug-likeness (QED) is 0.757. The molecule has 4 rings (SSSR count). The number of aryl methyl sites for hydroxylation is 1. The van der Waals surface area contributed by atoms with Crippen molar-refractivity contribution in [3.05, 3.63) is 46.5 Å². The van der Waals surface area contributed by atoms with Crippen molar-refractivity contribution >= 4 is 32.7 Å². The molecule has 1 aliphatic rings. The largest absolute Gasteiger partial charge is 0.363 e. The molecule has 1 N–H and O–H groups in total. The average Bonchev–Trinajstić information content (AvgIpc) is 2.80. The molecular weight excluding hydrogens is 354 g/mol. The zero-order valence-electron chi connectivity index (χ0n) is 12.8. The number of anilines is 1. The zero-order chi connectivity index (χ0) is 15.6. The lowest BCUT2D eigenvalue weighted by atomic mass is 10.2. The molecule has 0 bridgehead atoms. The van der Waals surface area contributed by atoms with Crippen LogP contribution in [0.5, 0.6) is 0 Å². The van der Waals surface area contributed by atoms with E-state index in [4.69, 9.17) is 0 Å². The highest BCUT2D eigenvalue weighted by atomic mass is 79.9. The van der Waals surface area contributed by atoms with E-state index in [1.54, 1.807) is 0 Å². The second-order valence-corrected chi connectivity index (χ2v) is 6.71. The number of fused-ring (bicyclic) bond motifs is 2. The Balaban J connectivity index is 1.55. The van der Waals surface area contributed by atoms with Gasteiger partial charge in [-0.2, -0.15) is 0 Å². The molecule has 1 aromatic carbocycles. The molecule has 6 heteroatoms. The van der Waals surface area contributed by atoms with Gasteiger partial charge in [-0.1, -0.05) is 18.6 Å². The molecule has 0 amide bonds. The fraction of sp³-hybridized carbons (Fsp3) is 0.353. The summed E-state index contributed by atoms with van der Waals surface area (Å²) >= 11 is 3.56. The number of rotatable bonds is 3. The Hall–Kier alpha value is -1.95. The molecule has 0 aliphatic carbocycles. The third-order valence-electron chi connectivity index (χ3n) is 4.28. The lowest BCUT2D eigenvalue weighted by Gasteiger charge is -2.09. The van der Waals surface area contributed by atoms with Crippen LogP contribution in [0.4, 0.5) is 5.82 Å². The monoisotopic (exact) mass is 371 g/mol. The van der Waals surface area contributed by atoms with Crippen molar-refractivity contribution in [2.75, 3.05) is 5.32 Å². The van der Waals surface area contributed by atoms with Crippen molar-refractivity contribution in [3.8, 4) is 0 Å². The molecule has 0 spiro atoms. The van der Waals surface area contributed by atoms with Crippen LogP contribution in [0.25, 0.3) is 10.9 Å². The molecule has 0 unspecified atom stereocenters. The molecule has 23 heavy (non-hydrogen) atoms. The van der Waals surface area contributed by atoms with Gasteiger partial charge in [0.2, 0.25) is 0 Å². The number of aromatic nitrogens is 4. The highest BCUT2D eigenvalue weighted by molar-refractivity contribution is 9.10. The Bertz CT molecular complexity index is 842. The van der Waals surface area contributed by atoms with Gasteiger partial charge in [-0.05, 0) is 47.0 Å². The minimum atomic E-state index is 0.649. The Morgan fingerprint density at radius 2 is 2.04 bits per heavy atom. The summed E-state index contributed by atoms with van der Waals surface area (Å²) in [5, 5.41) is 13.2. The molecule has 0 radical (unpaired) electrons. The summed E-state index contributed by atoms with van der Waals surface area (Å²) < 4.78 is 3.27. The summed E-state index contributed by atoms with van der Waals surface area (Å²) in [6, 6.07) is 10.2. The first-order chi connectivity index (χ1) is 11.3. The molecule has 2 aromatic heterocycles. The van der Waals surface area contributed by atoms with Gasteiger partial charge in [0.15, 0.2) is 5.82 Å². The van der Waals surface area contributed by atoms with Crippen LogP contribution in [0.1, 0.15) is 30.9 Å². The summed E-state index contributed by atoms with van der Waals surface area (Å²) in [5.74, 6) is 2.97. The summed E-state index contributed by atoms with van der Waals surface area (Å²) in [6.07, 6.45) is 4.73. The van der Waals surface area contributed by atoms with Crippen molar-refractivity contribution < 1.29 is 0 Å². The fourth-order valence-electron chi connectivity index (χ4n) is 3.06. The number of halogens is 1. The number of para-hydroxylation sites is 1. The molecular formula is C17H18BrN5. The van der Waals surface area contributed by atoms with Crippen molar-refractivity contribution in [3.63, 3.8) is 0 Å². The molecule has 118 valence electrons. The van der Waals surface area contributed by atoms with Crippen molar-refractivity contribution in [2.45, 2.75) is 38.8 Å². The standard InChI is InChI=1S/C17H18BrN5/c18-13-6-4-5-12-8-9-14(20-17(12)13)19-11-16-22-21-15-7-2-1-3-10-23(15)16/h4-6,8-9H,1-3,7,10-11H2,(H,19,20). The molecule has 3 aromatic rings. The average molecular weight is 372 g/mol. The topological polar surface area (TPSA) is 55.6 Å². The van der Waals surface area contributed by atoms with Gasteiger partial charge in [0.25, 0.3) is 0 Å². The van der Waals surface area contributed by atoms with Crippen molar-refractivity contribution in [1.29, 1.82) is 0 Å². The maximum atomic E-state index is 4.69. The fourth-order valence-corrected chi connectivity index (χ4v) is 3.53. The van der Waals surface area contributed by atoms with Gasteiger partial charge in [-0.3, -0.25) is 0 Å². The summed E-state index contributed by atoms with van der Waals surface area (Å²) in [4.78, 5) is 4.69. The van der Waals surface area contributed by atoms with Crippen LogP contribution in [0.15, 0.2) is 34.8 Å². The maximum Gasteiger partial charge on any atom is 0.152 e. The van der Waals surface area contributed by atoms with Crippen LogP contribution in [0.2, 0.25) is 0 Å². The van der Waals surface area contributed by atoms with Gasteiger partial charge in [0, 0.05) is 22.8 Å². The molecule has 0 atom stereocenters. The molecule has 5 nitrogen and oxygen atoms in total. The van der Waals surface area contributed by atoms with Gasteiger partial charge >= 0.3 is 0 Å². The predicted molar refractivity (Wildman–Crippen MR) is 94.3 cm³/mol. The normalized spacial score (nSPS) is 14.5. The Labute approximate surface area is 143 Å². The highest BCUT2D eigenvalue weighted by Gasteiger charge is 2.14. The lowest BCUT2D eigenvalue weighted by molar-refractivity contribution is 0.610. The molecule has 0 saturated heterocycles. The van der Waals surface area contributed by atoms with Crippen LogP contribution in [0.3, 0.4) is 0 Å². The van der Waals surface area contributed by atoms with Crippen molar-refractivity contribution in [1.82, 2.24) is 19.7 Å². The van der Waals surface area contributed by atoms with Crippen LogP contribution < -0.4 is 5.32 Å². The molecule has 0 saturated carbocycles. The van der Waals surface area contributed by atoms with Gasteiger partial charge in [-0.15, -0.1) is 10.2 Å². The number of hydrogen-bond donors (Lipinski definition) is 1. The van der Waals surface area contributed by atoms with E-state index in [9.17, 15) is 0 Å². The second-order valence-electron chi connectivity index (χ2n) is 5.86. The Morgan fingerprint density at radius 3 is 3.00 bits per heavy atom. The predicted octanol–water partition coefficient (Wildman–Crippen LogP) is 3.93.